The highest BCUT2D eigenvalue weighted by Gasteiger charge is 2.36. The molecular formula is C15H15F3N4O2. The number of hydrogen-bond acceptors (Lipinski definition) is 4. The van der Waals surface area contributed by atoms with Gasteiger partial charge in [0.2, 0.25) is 11.8 Å². The zero-order valence-corrected chi connectivity index (χ0v) is 12.9. The van der Waals surface area contributed by atoms with Crippen molar-refractivity contribution in [3.05, 3.63) is 29.3 Å². The SMILES string of the molecule is CNC(=O)CN1CCN(c2cc(C#N)ccc2C(F)(F)F)CC1=O. The standard InChI is InChI=1S/C15H15F3N4O2/c1-20-13(23)8-22-5-4-21(9-14(22)24)12-6-10(7-19)2-3-11(12)15(16,17)18/h2-3,6H,4-5,8-9H2,1H3,(H,20,23). The van der Waals surface area contributed by atoms with Gasteiger partial charge in [-0.2, -0.15) is 18.4 Å². The third-order valence-corrected chi connectivity index (χ3v) is 3.70. The Morgan fingerprint density at radius 2 is 2.08 bits per heavy atom. The van der Waals surface area contributed by atoms with Gasteiger partial charge in [0, 0.05) is 20.1 Å². The van der Waals surface area contributed by atoms with Gasteiger partial charge in [-0.1, -0.05) is 0 Å². The smallest absolute Gasteiger partial charge is 0.360 e. The summed E-state index contributed by atoms with van der Waals surface area (Å²) >= 11 is 0. The Hall–Kier alpha value is -2.76. The Morgan fingerprint density at radius 3 is 2.62 bits per heavy atom. The summed E-state index contributed by atoms with van der Waals surface area (Å²) in [6.45, 7) is -0.149. The minimum absolute atomic E-state index is 0.0817. The van der Waals surface area contributed by atoms with E-state index in [-0.39, 0.29) is 43.3 Å². The lowest BCUT2D eigenvalue weighted by atomic mass is 10.1. The monoisotopic (exact) mass is 340 g/mol. The number of likely N-dealkylation sites (N-methyl/N-ethyl adjacent to an activating group) is 1. The molecule has 6 nitrogen and oxygen atoms in total. The molecule has 1 N–H and O–H groups in total. The second-order valence-corrected chi connectivity index (χ2v) is 5.25. The van der Waals surface area contributed by atoms with E-state index in [4.69, 9.17) is 5.26 Å². The van der Waals surface area contributed by atoms with Crippen LogP contribution in [0.5, 0.6) is 0 Å². The number of halogens is 3. The molecule has 1 aromatic rings. The summed E-state index contributed by atoms with van der Waals surface area (Å²) < 4.78 is 39.5. The van der Waals surface area contributed by atoms with Crippen molar-refractivity contribution in [3.8, 4) is 6.07 Å². The van der Waals surface area contributed by atoms with Crippen molar-refractivity contribution >= 4 is 17.5 Å². The molecule has 9 heteroatoms. The number of hydrogen-bond donors (Lipinski definition) is 1. The topological polar surface area (TPSA) is 76.4 Å². The van der Waals surface area contributed by atoms with Crippen LogP contribution in [0, 0.1) is 11.3 Å². The summed E-state index contributed by atoms with van der Waals surface area (Å²) in [5.41, 5.74) is -1.01. The summed E-state index contributed by atoms with van der Waals surface area (Å²) in [6.07, 6.45) is -4.59. The van der Waals surface area contributed by atoms with Gasteiger partial charge in [-0.3, -0.25) is 9.59 Å². The summed E-state index contributed by atoms with van der Waals surface area (Å²) in [4.78, 5) is 26.0. The van der Waals surface area contributed by atoms with Crippen LogP contribution in [0.15, 0.2) is 18.2 Å². The van der Waals surface area contributed by atoms with E-state index in [9.17, 15) is 22.8 Å². The molecule has 0 spiro atoms. The van der Waals surface area contributed by atoms with Gasteiger partial charge in [0.1, 0.15) is 0 Å². The number of nitrogens with one attached hydrogen (secondary N) is 1. The number of carbonyl (C=O) groups is 2. The Morgan fingerprint density at radius 1 is 1.38 bits per heavy atom. The van der Waals surface area contributed by atoms with E-state index in [1.54, 1.807) is 6.07 Å². The second-order valence-electron chi connectivity index (χ2n) is 5.25. The first-order valence-corrected chi connectivity index (χ1v) is 7.11. The fourth-order valence-electron chi connectivity index (χ4n) is 2.44. The third-order valence-electron chi connectivity index (χ3n) is 3.70. The molecular weight excluding hydrogens is 325 g/mol. The van der Waals surface area contributed by atoms with Gasteiger partial charge >= 0.3 is 6.18 Å². The van der Waals surface area contributed by atoms with Crippen LogP contribution in [0.3, 0.4) is 0 Å². The molecule has 1 aromatic carbocycles. The van der Waals surface area contributed by atoms with Crippen LogP contribution >= 0.6 is 0 Å². The first-order valence-electron chi connectivity index (χ1n) is 7.11. The molecule has 128 valence electrons. The molecule has 1 heterocycles. The van der Waals surface area contributed by atoms with Crippen LogP contribution < -0.4 is 10.2 Å². The van der Waals surface area contributed by atoms with Crippen LogP contribution in [0.1, 0.15) is 11.1 Å². The van der Waals surface area contributed by atoms with Crippen molar-refractivity contribution in [2.45, 2.75) is 6.18 Å². The Labute approximate surface area is 136 Å². The first kappa shape index (κ1) is 17.6. The van der Waals surface area contributed by atoms with Crippen molar-refractivity contribution in [3.63, 3.8) is 0 Å². The number of amides is 2. The van der Waals surface area contributed by atoms with E-state index in [1.807, 2.05) is 0 Å². The number of carbonyl (C=O) groups excluding carboxylic acids is 2. The first-order chi connectivity index (χ1) is 11.3. The fourth-order valence-corrected chi connectivity index (χ4v) is 2.44. The zero-order chi connectivity index (χ0) is 17.9. The largest absolute Gasteiger partial charge is 0.418 e. The van der Waals surface area contributed by atoms with Gasteiger partial charge in [-0.05, 0) is 18.2 Å². The normalized spacial score (nSPS) is 15.2. The molecule has 0 atom stereocenters. The third kappa shape index (κ3) is 3.76. The molecule has 24 heavy (non-hydrogen) atoms. The molecule has 1 aliphatic rings. The Bertz CT molecular complexity index is 697. The summed E-state index contributed by atoms with van der Waals surface area (Å²) in [7, 11) is 1.44. The van der Waals surface area contributed by atoms with Crippen LogP contribution in [0.4, 0.5) is 18.9 Å². The van der Waals surface area contributed by atoms with Gasteiger partial charge in [0.05, 0.1) is 36.0 Å². The van der Waals surface area contributed by atoms with Gasteiger partial charge in [-0.15, -0.1) is 0 Å². The number of benzene rings is 1. The Balaban J connectivity index is 2.26. The van der Waals surface area contributed by atoms with Crippen molar-refractivity contribution in [2.24, 2.45) is 0 Å². The molecule has 1 aliphatic heterocycles. The quantitative estimate of drug-likeness (QED) is 0.890. The second kappa shape index (κ2) is 6.78. The molecule has 0 bridgehead atoms. The van der Waals surface area contributed by atoms with Crippen molar-refractivity contribution in [1.29, 1.82) is 5.26 Å². The van der Waals surface area contributed by atoms with E-state index in [0.717, 1.165) is 18.2 Å². The molecule has 1 fully saturated rings. The highest BCUT2D eigenvalue weighted by atomic mass is 19.4. The van der Waals surface area contributed by atoms with Gasteiger partial charge in [0.15, 0.2) is 0 Å². The van der Waals surface area contributed by atoms with Crippen LogP contribution in [0.2, 0.25) is 0 Å². The highest BCUT2D eigenvalue weighted by molar-refractivity contribution is 5.88. The van der Waals surface area contributed by atoms with E-state index in [2.05, 4.69) is 5.32 Å². The van der Waals surface area contributed by atoms with Gasteiger partial charge in [0.25, 0.3) is 0 Å². The summed E-state index contributed by atoms with van der Waals surface area (Å²) in [5.74, 6) is -0.792. The molecule has 0 aromatic heterocycles. The fraction of sp³-hybridized carbons (Fsp3) is 0.400. The number of rotatable bonds is 3. The average Bonchev–Trinajstić information content (AvgIpc) is 2.55. The average molecular weight is 340 g/mol. The lowest BCUT2D eigenvalue weighted by molar-refractivity contribution is -0.138. The molecule has 2 rings (SSSR count). The molecule has 1 saturated heterocycles. The van der Waals surface area contributed by atoms with Crippen molar-refractivity contribution in [2.75, 3.05) is 38.1 Å². The van der Waals surface area contributed by atoms with Crippen LogP contribution in [-0.4, -0.2) is 49.9 Å². The highest BCUT2D eigenvalue weighted by Crippen LogP contribution is 2.37. The Kier molecular flexibility index (Phi) is 4.97. The minimum Gasteiger partial charge on any atom is -0.360 e. The van der Waals surface area contributed by atoms with Crippen LogP contribution in [-0.2, 0) is 15.8 Å². The summed E-state index contributed by atoms with van der Waals surface area (Å²) in [5, 5.41) is 11.3. The molecule has 0 aliphatic carbocycles. The zero-order valence-electron chi connectivity index (χ0n) is 12.9. The maximum Gasteiger partial charge on any atom is 0.418 e. The van der Waals surface area contributed by atoms with Crippen LogP contribution in [0.25, 0.3) is 0 Å². The molecule has 2 amide bonds. The minimum atomic E-state index is -4.59. The van der Waals surface area contributed by atoms with Gasteiger partial charge in [-0.25, -0.2) is 0 Å². The van der Waals surface area contributed by atoms with Crippen molar-refractivity contribution < 1.29 is 22.8 Å². The van der Waals surface area contributed by atoms with E-state index in [1.165, 1.54) is 16.8 Å². The van der Waals surface area contributed by atoms with E-state index in [0.29, 0.717) is 0 Å². The number of alkyl halides is 3. The molecule has 0 unspecified atom stereocenters. The maximum atomic E-state index is 13.2. The van der Waals surface area contributed by atoms with E-state index < -0.39 is 17.6 Å². The number of piperazine rings is 1. The maximum absolute atomic E-state index is 13.2. The predicted molar refractivity (Wildman–Crippen MR) is 79.0 cm³/mol. The number of anilines is 1. The van der Waals surface area contributed by atoms with Crippen molar-refractivity contribution in [1.82, 2.24) is 10.2 Å². The predicted octanol–water partition coefficient (Wildman–Crippen LogP) is 0.972. The van der Waals surface area contributed by atoms with Gasteiger partial charge < -0.3 is 15.1 Å². The number of nitriles is 1. The summed E-state index contributed by atoms with van der Waals surface area (Å²) in [6, 6.07) is 4.86. The number of nitrogens with zero attached hydrogens (tertiary/aromatic N) is 3. The lowest BCUT2D eigenvalue weighted by Crippen LogP contribution is -2.53. The molecule has 0 radical (unpaired) electrons. The molecule has 0 saturated carbocycles. The lowest BCUT2D eigenvalue weighted by Gasteiger charge is -2.36. The van der Waals surface area contributed by atoms with E-state index >= 15 is 0 Å².